The molecule has 0 aromatic heterocycles. The number of benzene rings is 2. The first-order valence-corrected chi connectivity index (χ1v) is 20.1. The van der Waals surface area contributed by atoms with Crippen LogP contribution in [0.4, 0.5) is 10.5 Å². The maximum Gasteiger partial charge on any atom is 0.408 e. The third-order valence-corrected chi connectivity index (χ3v) is 13.5. The Morgan fingerprint density at radius 3 is 2.35 bits per heavy atom. The molecule has 0 spiro atoms. The summed E-state index contributed by atoms with van der Waals surface area (Å²) in [4.78, 5) is 58.2. The molecule has 0 radical (unpaired) electrons. The van der Waals surface area contributed by atoms with Gasteiger partial charge in [0, 0.05) is 23.2 Å². The minimum Gasteiger partial charge on any atom is -0.465 e. The number of fused-ring (bicyclic) bond motifs is 1. The van der Waals surface area contributed by atoms with Crippen molar-refractivity contribution < 1.29 is 32.7 Å². The summed E-state index contributed by atoms with van der Waals surface area (Å²) in [6.07, 6.45) is 0.749. The van der Waals surface area contributed by atoms with E-state index in [0.29, 0.717) is 29.8 Å². The molecule has 282 valence electrons. The third kappa shape index (κ3) is 7.22. The molecule has 6 rings (SSSR count). The molecule has 12 nitrogen and oxygen atoms in total. The number of nitrogens with zero attached hydrogens (tertiary/aromatic N) is 2. The number of sulfonamides is 1. The van der Waals surface area contributed by atoms with E-state index in [1.54, 1.807) is 12.1 Å². The lowest BCUT2D eigenvalue weighted by atomic mass is 9.87. The van der Waals surface area contributed by atoms with E-state index in [1.165, 1.54) is 9.80 Å². The Labute approximate surface area is 311 Å². The molecular formula is C38H50ClN5O7S. The van der Waals surface area contributed by atoms with Crippen molar-refractivity contribution in [3.8, 4) is 0 Å². The quantitative estimate of drug-likeness (QED) is 0.236. The average molecular weight is 756 g/mol. The minimum absolute atomic E-state index is 0.0769. The van der Waals surface area contributed by atoms with Crippen LogP contribution >= 0.6 is 11.6 Å². The molecule has 52 heavy (non-hydrogen) atoms. The third-order valence-electron chi connectivity index (χ3n) is 11.3. The fourth-order valence-corrected chi connectivity index (χ4v) is 9.59. The van der Waals surface area contributed by atoms with Gasteiger partial charge in [0.2, 0.25) is 21.8 Å². The van der Waals surface area contributed by atoms with Gasteiger partial charge in [-0.15, -0.1) is 0 Å². The summed E-state index contributed by atoms with van der Waals surface area (Å²) in [5.74, 6) is -2.62. The molecule has 4 amide bonds. The van der Waals surface area contributed by atoms with Gasteiger partial charge in [0.25, 0.3) is 5.91 Å². The van der Waals surface area contributed by atoms with Crippen LogP contribution in [-0.4, -0.2) is 76.6 Å². The molecule has 0 bridgehead atoms. The number of hydrogen-bond acceptors (Lipinski definition) is 7. The number of halogens is 1. The molecule has 4 N–H and O–H groups in total. The molecular weight excluding hydrogens is 706 g/mol. The van der Waals surface area contributed by atoms with Gasteiger partial charge in [-0.25, -0.2) is 13.2 Å². The van der Waals surface area contributed by atoms with Crippen molar-refractivity contribution in [3.05, 3.63) is 64.2 Å². The minimum atomic E-state index is -3.86. The molecule has 6 atom stereocenters. The fourth-order valence-electron chi connectivity index (χ4n) is 7.98. The van der Waals surface area contributed by atoms with Crippen molar-refractivity contribution in [3.63, 3.8) is 0 Å². The first-order valence-electron chi connectivity index (χ1n) is 18.2. The molecule has 3 unspecified atom stereocenters. The van der Waals surface area contributed by atoms with Gasteiger partial charge in [-0.3, -0.25) is 24.0 Å². The lowest BCUT2D eigenvalue weighted by Gasteiger charge is -2.32. The molecule has 2 aliphatic heterocycles. The van der Waals surface area contributed by atoms with E-state index in [1.807, 2.05) is 51.1 Å². The predicted octanol–water partition coefficient (Wildman–Crippen LogP) is 5.42. The van der Waals surface area contributed by atoms with Gasteiger partial charge in [-0.1, -0.05) is 83.8 Å². The van der Waals surface area contributed by atoms with Crippen LogP contribution in [0.25, 0.3) is 0 Å². The lowest BCUT2D eigenvalue weighted by molar-refractivity contribution is -0.140. The summed E-state index contributed by atoms with van der Waals surface area (Å²) in [6, 6.07) is 10.7. The summed E-state index contributed by atoms with van der Waals surface area (Å²) >= 11 is 6.53. The number of amides is 4. The van der Waals surface area contributed by atoms with Gasteiger partial charge in [0.05, 0.1) is 17.8 Å². The lowest BCUT2D eigenvalue weighted by Crippen LogP contribution is -2.58. The number of carbonyl (C=O) groups is 4. The molecule has 4 aliphatic rings. The van der Waals surface area contributed by atoms with E-state index >= 15 is 0 Å². The average Bonchev–Trinajstić information content (AvgIpc) is 3.97. The van der Waals surface area contributed by atoms with Crippen LogP contribution in [0.2, 0.25) is 5.02 Å². The van der Waals surface area contributed by atoms with Crippen LogP contribution < -0.4 is 15.4 Å². The molecule has 1 saturated heterocycles. The van der Waals surface area contributed by atoms with E-state index in [9.17, 15) is 32.7 Å². The summed E-state index contributed by atoms with van der Waals surface area (Å²) in [7, 11) is -3.86. The monoisotopic (exact) mass is 755 g/mol. The van der Waals surface area contributed by atoms with Crippen LogP contribution in [0.5, 0.6) is 0 Å². The molecule has 3 fully saturated rings. The maximum atomic E-state index is 14.7. The van der Waals surface area contributed by atoms with Gasteiger partial charge >= 0.3 is 6.09 Å². The molecule has 2 aliphatic carbocycles. The normalized spacial score (nSPS) is 26.2. The van der Waals surface area contributed by atoms with Crippen molar-refractivity contribution in [2.75, 3.05) is 11.9 Å². The van der Waals surface area contributed by atoms with Gasteiger partial charge in [-0.05, 0) is 77.8 Å². The first-order chi connectivity index (χ1) is 24.4. The number of carboxylic acid groups (broad SMARTS) is 1. The van der Waals surface area contributed by atoms with Crippen LogP contribution in [0.3, 0.4) is 0 Å². The summed E-state index contributed by atoms with van der Waals surface area (Å²) < 4.78 is 27.7. The highest BCUT2D eigenvalue weighted by Gasteiger charge is 2.62. The summed E-state index contributed by atoms with van der Waals surface area (Å²) in [6.45, 7) is 12.2. The van der Waals surface area contributed by atoms with Gasteiger partial charge in [-0.2, -0.15) is 0 Å². The van der Waals surface area contributed by atoms with Crippen molar-refractivity contribution in [2.45, 2.75) is 115 Å². The van der Waals surface area contributed by atoms with Gasteiger partial charge in [0.1, 0.15) is 17.6 Å². The first kappa shape index (κ1) is 37.9. The van der Waals surface area contributed by atoms with Crippen LogP contribution in [-0.2, 0) is 36.4 Å². The maximum absolute atomic E-state index is 14.7. The molecule has 2 aromatic rings. The van der Waals surface area contributed by atoms with Crippen LogP contribution in [0.15, 0.2) is 42.5 Å². The Bertz CT molecular complexity index is 1880. The zero-order chi connectivity index (χ0) is 37.9. The second-order valence-electron chi connectivity index (χ2n) is 16.3. The molecule has 14 heteroatoms. The Balaban J connectivity index is 1.33. The second kappa shape index (κ2) is 13.9. The number of carbonyl (C=O) groups excluding carboxylic acids is 3. The predicted molar refractivity (Wildman–Crippen MR) is 198 cm³/mol. The van der Waals surface area contributed by atoms with E-state index < -0.39 is 62.8 Å². The van der Waals surface area contributed by atoms with E-state index in [0.717, 1.165) is 16.8 Å². The Morgan fingerprint density at radius 2 is 1.75 bits per heavy atom. The van der Waals surface area contributed by atoms with Crippen molar-refractivity contribution in [1.29, 1.82) is 0 Å². The Morgan fingerprint density at radius 1 is 1.06 bits per heavy atom. The topological polar surface area (TPSA) is 165 Å². The molecule has 2 saturated carbocycles. The second-order valence-corrected chi connectivity index (χ2v) is 18.7. The van der Waals surface area contributed by atoms with E-state index in [4.69, 9.17) is 11.6 Å². The highest BCUT2D eigenvalue weighted by atomic mass is 35.5. The Kier molecular flexibility index (Phi) is 10.1. The summed E-state index contributed by atoms with van der Waals surface area (Å²) in [5, 5.41) is 16.5. The highest BCUT2D eigenvalue weighted by Crippen LogP contribution is 2.49. The van der Waals surface area contributed by atoms with Crippen molar-refractivity contribution >= 4 is 51.1 Å². The largest absolute Gasteiger partial charge is 0.465 e. The molecule has 2 heterocycles. The van der Waals surface area contributed by atoms with E-state index in [2.05, 4.69) is 36.1 Å². The van der Waals surface area contributed by atoms with Crippen molar-refractivity contribution in [1.82, 2.24) is 19.8 Å². The number of nitrogens with one attached hydrogen (secondary N) is 3. The molecule has 2 aromatic carbocycles. The highest BCUT2D eigenvalue weighted by molar-refractivity contribution is 7.91. The zero-order valence-electron chi connectivity index (χ0n) is 30.6. The van der Waals surface area contributed by atoms with Gasteiger partial charge in [0.15, 0.2) is 0 Å². The smallest absolute Gasteiger partial charge is 0.408 e. The number of anilines is 1. The van der Waals surface area contributed by atoms with Gasteiger partial charge < -0.3 is 20.6 Å². The number of rotatable bonds is 11. The SMILES string of the molecule is CCC1CC1(NC(=O)[C@@H]1C[C@@H](C2c3cccc(Cl)c3CN2C(=O)O)CN1C(=O)[C@@H](Nc1cccc(C(C)(C)C)c1)C(C)C)C(=O)NS(=O)(=O)C1CC1. The number of likely N-dealkylation sites (tertiary alicyclic amines) is 1. The summed E-state index contributed by atoms with van der Waals surface area (Å²) in [5.41, 5.74) is 1.71. The van der Waals surface area contributed by atoms with Crippen molar-refractivity contribution in [2.24, 2.45) is 17.8 Å². The number of hydrogen-bond donors (Lipinski definition) is 4. The standard InChI is InChI=1S/C38H50ClN5O7S/c1-7-23-18-38(23,35(47)42-52(50,51)26-14-15-26)41-33(45)30-16-22(32-27-12-9-13-29(39)28(27)20-44(32)36(48)49)19-43(30)34(46)31(21(2)3)40-25-11-8-10-24(17-25)37(4,5)6/h8-13,17,21-23,26,30-32,40H,7,14-16,18-20H2,1-6H3,(H,41,45)(H,42,47)(H,48,49)/t22-,23?,30+,31+,32?,38?/m1/s1. The van der Waals surface area contributed by atoms with Crippen LogP contribution in [0.1, 0.15) is 96.4 Å². The van der Waals surface area contributed by atoms with E-state index in [-0.39, 0.29) is 49.1 Å². The zero-order valence-corrected chi connectivity index (χ0v) is 32.2. The van der Waals surface area contributed by atoms with Crippen LogP contribution in [0, 0.1) is 17.8 Å². The Hall–Kier alpha value is -3.84. The fraction of sp³-hybridized carbons (Fsp3) is 0.579.